The Morgan fingerprint density at radius 2 is 1.86 bits per heavy atom. The van der Waals surface area contributed by atoms with Gasteiger partial charge < -0.3 is 14.6 Å². The number of phenolic OH excluding ortho intramolecular Hbond substituents is 1. The third-order valence-corrected chi connectivity index (χ3v) is 1.85. The van der Waals surface area contributed by atoms with E-state index in [0.29, 0.717) is 17.1 Å². The summed E-state index contributed by atoms with van der Waals surface area (Å²) in [7, 11) is 2.99. The predicted molar refractivity (Wildman–Crippen MR) is 50.5 cm³/mol. The summed E-state index contributed by atoms with van der Waals surface area (Å²) in [5.74, 6) is 1.01. The van der Waals surface area contributed by atoms with E-state index in [1.165, 1.54) is 20.3 Å². The van der Waals surface area contributed by atoms with E-state index in [-0.39, 0.29) is 12.2 Å². The highest BCUT2D eigenvalue weighted by Crippen LogP contribution is 2.33. The first-order chi connectivity index (χ1) is 6.72. The van der Waals surface area contributed by atoms with Crippen molar-refractivity contribution in [1.29, 1.82) is 5.26 Å². The van der Waals surface area contributed by atoms with Crippen LogP contribution in [0.1, 0.15) is 5.56 Å². The van der Waals surface area contributed by atoms with Gasteiger partial charge in [0.25, 0.3) is 0 Å². The molecule has 0 unspecified atom stereocenters. The Balaban J connectivity index is 3.17. The Bertz CT molecular complexity index is 368. The molecule has 0 amide bonds. The van der Waals surface area contributed by atoms with Crippen molar-refractivity contribution in [2.24, 2.45) is 0 Å². The predicted octanol–water partition coefficient (Wildman–Crippen LogP) is 1.48. The second-order valence-corrected chi connectivity index (χ2v) is 2.67. The summed E-state index contributed by atoms with van der Waals surface area (Å²) in [5.41, 5.74) is 0.533. The van der Waals surface area contributed by atoms with Crippen LogP contribution in [0.25, 0.3) is 0 Å². The number of ether oxygens (including phenoxy) is 2. The fourth-order valence-corrected chi connectivity index (χ4v) is 1.14. The number of methoxy groups -OCH3 is 2. The lowest BCUT2D eigenvalue weighted by Crippen LogP contribution is -1.93. The average molecular weight is 193 g/mol. The number of nitriles is 1. The van der Waals surface area contributed by atoms with E-state index in [1.54, 1.807) is 6.07 Å². The van der Waals surface area contributed by atoms with Crippen molar-refractivity contribution in [2.75, 3.05) is 14.2 Å². The molecule has 1 rings (SSSR count). The molecule has 14 heavy (non-hydrogen) atoms. The number of hydrogen-bond acceptors (Lipinski definition) is 4. The van der Waals surface area contributed by atoms with Gasteiger partial charge in [-0.3, -0.25) is 0 Å². The molecule has 0 saturated carbocycles. The maximum atomic E-state index is 9.49. The lowest BCUT2D eigenvalue weighted by atomic mass is 10.1. The summed E-state index contributed by atoms with van der Waals surface area (Å²) in [6.07, 6.45) is 0.145. The zero-order chi connectivity index (χ0) is 10.6. The molecular weight excluding hydrogens is 182 g/mol. The van der Waals surface area contributed by atoms with Gasteiger partial charge in [-0.2, -0.15) is 5.26 Å². The molecule has 0 aliphatic heterocycles. The number of phenols is 1. The molecule has 0 aliphatic rings. The van der Waals surface area contributed by atoms with E-state index >= 15 is 0 Å². The second kappa shape index (κ2) is 4.38. The van der Waals surface area contributed by atoms with Gasteiger partial charge in [-0.15, -0.1) is 0 Å². The third-order valence-electron chi connectivity index (χ3n) is 1.85. The fraction of sp³-hybridized carbons (Fsp3) is 0.300. The molecule has 1 aromatic carbocycles. The summed E-state index contributed by atoms with van der Waals surface area (Å²) in [4.78, 5) is 0. The maximum absolute atomic E-state index is 9.49. The lowest BCUT2D eigenvalue weighted by molar-refractivity contribution is 0.350. The van der Waals surface area contributed by atoms with E-state index in [1.807, 2.05) is 6.07 Å². The van der Waals surface area contributed by atoms with E-state index in [0.717, 1.165) is 0 Å². The van der Waals surface area contributed by atoms with Crippen molar-refractivity contribution in [3.8, 4) is 23.3 Å². The van der Waals surface area contributed by atoms with E-state index < -0.39 is 0 Å². The maximum Gasteiger partial charge on any atom is 0.164 e. The van der Waals surface area contributed by atoms with Crippen LogP contribution in [0.5, 0.6) is 17.2 Å². The van der Waals surface area contributed by atoms with Gasteiger partial charge in [-0.25, -0.2) is 0 Å². The number of benzene rings is 1. The molecule has 0 aromatic heterocycles. The Kier molecular flexibility index (Phi) is 3.19. The minimum Gasteiger partial charge on any atom is -0.507 e. The summed E-state index contributed by atoms with van der Waals surface area (Å²) >= 11 is 0. The first kappa shape index (κ1) is 10.2. The number of hydrogen-bond donors (Lipinski definition) is 1. The molecule has 4 heteroatoms. The van der Waals surface area contributed by atoms with E-state index in [4.69, 9.17) is 14.7 Å². The highest BCUT2D eigenvalue weighted by Gasteiger charge is 2.09. The van der Waals surface area contributed by atoms with Crippen LogP contribution in [-0.4, -0.2) is 19.3 Å². The van der Waals surface area contributed by atoms with Crippen LogP contribution < -0.4 is 9.47 Å². The highest BCUT2D eigenvalue weighted by molar-refractivity contribution is 5.50. The Morgan fingerprint density at radius 1 is 1.29 bits per heavy atom. The molecule has 0 fully saturated rings. The zero-order valence-corrected chi connectivity index (χ0v) is 8.07. The van der Waals surface area contributed by atoms with Crippen molar-refractivity contribution >= 4 is 0 Å². The Morgan fingerprint density at radius 3 is 2.36 bits per heavy atom. The second-order valence-electron chi connectivity index (χ2n) is 2.67. The first-order valence-electron chi connectivity index (χ1n) is 4.03. The minimum atomic E-state index is 0.0456. The molecule has 0 saturated heterocycles. The quantitative estimate of drug-likeness (QED) is 0.789. The average Bonchev–Trinajstić information content (AvgIpc) is 2.20. The Hall–Kier alpha value is -1.89. The third kappa shape index (κ3) is 1.88. The lowest BCUT2D eigenvalue weighted by Gasteiger charge is -2.09. The van der Waals surface area contributed by atoms with Crippen molar-refractivity contribution in [1.82, 2.24) is 0 Å². The topological polar surface area (TPSA) is 62.5 Å². The molecule has 74 valence electrons. The van der Waals surface area contributed by atoms with Crippen LogP contribution in [-0.2, 0) is 6.42 Å². The molecule has 0 spiro atoms. The molecule has 1 N–H and O–H groups in total. The van der Waals surface area contributed by atoms with Crippen molar-refractivity contribution in [3.05, 3.63) is 17.7 Å². The van der Waals surface area contributed by atoms with E-state index in [2.05, 4.69) is 0 Å². The van der Waals surface area contributed by atoms with Crippen LogP contribution in [0.15, 0.2) is 12.1 Å². The molecule has 4 nitrogen and oxygen atoms in total. The molecule has 0 atom stereocenters. The largest absolute Gasteiger partial charge is 0.507 e. The summed E-state index contributed by atoms with van der Waals surface area (Å²) in [6, 6.07) is 4.99. The van der Waals surface area contributed by atoms with Crippen molar-refractivity contribution < 1.29 is 14.6 Å². The van der Waals surface area contributed by atoms with Crippen LogP contribution in [0.3, 0.4) is 0 Å². The van der Waals surface area contributed by atoms with Gasteiger partial charge >= 0.3 is 0 Å². The van der Waals surface area contributed by atoms with Crippen LogP contribution in [0, 0.1) is 11.3 Å². The van der Waals surface area contributed by atoms with Crippen molar-refractivity contribution in [3.63, 3.8) is 0 Å². The smallest absolute Gasteiger partial charge is 0.164 e. The molecule has 0 bridgehead atoms. The highest BCUT2D eigenvalue weighted by atomic mass is 16.5. The Labute approximate surface area is 82.3 Å². The molecule has 0 radical (unpaired) electrons. The number of nitrogens with zero attached hydrogens (tertiary/aromatic N) is 1. The molecule has 1 aromatic rings. The standard InChI is InChI=1S/C10H11NO3/c1-13-9-5-7(3-4-11)8(12)6-10(9)14-2/h5-6,12H,3H2,1-2H3. The monoisotopic (exact) mass is 193 g/mol. The number of rotatable bonds is 3. The fourth-order valence-electron chi connectivity index (χ4n) is 1.14. The summed E-state index contributed by atoms with van der Waals surface area (Å²) < 4.78 is 10.0. The summed E-state index contributed by atoms with van der Waals surface area (Å²) in [6.45, 7) is 0. The van der Waals surface area contributed by atoms with E-state index in [9.17, 15) is 5.11 Å². The van der Waals surface area contributed by atoms with Crippen LogP contribution >= 0.6 is 0 Å². The SMILES string of the molecule is COc1cc(O)c(CC#N)cc1OC. The zero-order valence-electron chi connectivity index (χ0n) is 8.07. The first-order valence-corrected chi connectivity index (χ1v) is 4.03. The van der Waals surface area contributed by atoms with Gasteiger partial charge in [-0.1, -0.05) is 0 Å². The summed E-state index contributed by atoms with van der Waals surface area (Å²) in [5, 5.41) is 18.0. The number of aromatic hydroxyl groups is 1. The van der Waals surface area contributed by atoms with Gasteiger partial charge in [-0.05, 0) is 6.07 Å². The van der Waals surface area contributed by atoms with Crippen LogP contribution in [0.2, 0.25) is 0 Å². The minimum absolute atomic E-state index is 0.0456. The van der Waals surface area contributed by atoms with Gasteiger partial charge in [0.15, 0.2) is 11.5 Å². The van der Waals surface area contributed by atoms with Gasteiger partial charge in [0, 0.05) is 11.6 Å². The molecule has 0 aliphatic carbocycles. The van der Waals surface area contributed by atoms with Gasteiger partial charge in [0.2, 0.25) is 0 Å². The van der Waals surface area contributed by atoms with Gasteiger partial charge in [0.1, 0.15) is 5.75 Å². The normalized spacial score (nSPS) is 9.21. The molecule has 0 heterocycles. The van der Waals surface area contributed by atoms with Gasteiger partial charge in [0.05, 0.1) is 26.7 Å². The van der Waals surface area contributed by atoms with Crippen molar-refractivity contribution in [2.45, 2.75) is 6.42 Å². The molecular formula is C10H11NO3. The van der Waals surface area contributed by atoms with Crippen LogP contribution in [0.4, 0.5) is 0 Å².